The number of halogens is 2. The van der Waals surface area contributed by atoms with Crippen molar-refractivity contribution in [3.8, 4) is 22.3 Å². The summed E-state index contributed by atoms with van der Waals surface area (Å²) in [6, 6.07) is 36.3. The summed E-state index contributed by atoms with van der Waals surface area (Å²) in [5, 5.41) is 5.63. The van der Waals surface area contributed by atoms with Crippen LogP contribution in [0.15, 0.2) is 91.0 Å². The SMILES string of the molecule is CCCc1ccc2[cH-]c(CC)cc2c1-c1ccccc1C.[Cl][Zr+2][Cl].[c-]1cccc2c1[Si]c1ccccc1-2. The minimum absolute atomic E-state index is 0.795. The van der Waals surface area contributed by atoms with Crippen LogP contribution in [-0.4, -0.2) is 9.52 Å². The Morgan fingerprint density at radius 1 is 0.865 bits per heavy atom. The van der Waals surface area contributed by atoms with Gasteiger partial charge in [0.25, 0.3) is 0 Å². The van der Waals surface area contributed by atoms with Gasteiger partial charge in [0.05, 0.1) is 9.52 Å². The quantitative estimate of drug-likeness (QED) is 0.138. The van der Waals surface area contributed by atoms with Crippen LogP contribution in [0.5, 0.6) is 0 Å². The van der Waals surface area contributed by atoms with Crippen LogP contribution in [0.3, 0.4) is 0 Å². The summed E-state index contributed by atoms with van der Waals surface area (Å²) in [6.45, 7) is 6.70. The van der Waals surface area contributed by atoms with Gasteiger partial charge >= 0.3 is 37.9 Å². The van der Waals surface area contributed by atoms with Crippen LogP contribution in [0.25, 0.3) is 33.0 Å². The second-order valence-corrected chi connectivity index (χ2v) is 14.1. The zero-order valence-electron chi connectivity index (χ0n) is 21.5. The number of rotatable bonds is 4. The molecule has 0 amide bonds. The Balaban J connectivity index is 0.000000170. The molecule has 6 rings (SSSR count). The van der Waals surface area contributed by atoms with Crippen molar-refractivity contribution in [1.82, 2.24) is 0 Å². The van der Waals surface area contributed by atoms with Gasteiger partial charge in [0.2, 0.25) is 0 Å². The maximum Gasteiger partial charge on any atom is 0.0920 e. The van der Waals surface area contributed by atoms with E-state index in [1.807, 2.05) is 6.07 Å². The Labute approximate surface area is 242 Å². The first-order valence-electron chi connectivity index (χ1n) is 12.7. The van der Waals surface area contributed by atoms with Gasteiger partial charge in [0.15, 0.2) is 0 Å². The monoisotopic (exact) mass is 614 g/mol. The zero-order valence-corrected chi connectivity index (χ0v) is 26.5. The van der Waals surface area contributed by atoms with E-state index in [9.17, 15) is 0 Å². The van der Waals surface area contributed by atoms with E-state index in [1.54, 1.807) is 0 Å². The van der Waals surface area contributed by atoms with E-state index in [2.05, 4.69) is 112 Å². The third kappa shape index (κ3) is 6.61. The van der Waals surface area contributed by atoms with Gasteiger partial charge in [0, 0.05) is 0 Å². The van der Waals surface area contributed by atoms with Crippen molar-refractivity contribution in [3.05, 3.63) is 114 Å². The molecular formula is C33H30Cl2SiZr. The summed E-state index contributed by atoms with van der Waals surface area (Å²) >= 11 is -0.826. The van der Waals surface area contributed by atoms with Crippen LogP contribution in [0.4, 0.5) is 0 Å². The zero-order chi connectivity index (χ0) is 26.2. The molecule has 0 fully saturated rings. The Kier molecular flexibility index (Phi) is 10.5. The van der Waals surface area contributed by atoms with Crippen molar-refractivity contribution >= 4 is 47.7 Å². The van der Waals surface area contributed by atoms with Gasteiger partial charge in [-0.15, -0.1) is 40.1 Å². The Morgan fingerprint density at radius 3 is 2.30 bits per heavy atom. The molecular weight excluding hydrogens is 587 g/mol. The molecule has 0 nitrogen and oxygen atoms in total. The molecule has 37 heavy (non-hydrogen) atoms. The minimum atomic E-state index is -0.826. The van der Waals surface area contributed by atoms with Crippen LogP contribution in [0, 0.1) is 13.0 Å². The predicted molar refractivity (Wildman–Crippen MR) is 161 cm³/mol. The smallest absolute Gasteiger partial charge is 0.0920 e. The first kappa shape index (κ1) is 28.2. The second-order valence-electron chi connectivity index (χ2n) is 9.09. The summed E-state index contributed by atoms with van der Waals surface area (Å²) in [5.74, 6) is 0. The molecule has 0 spiro atoms. The maximum atomic E-state index is 4.93. The van der Waals surface area contributed by atoms with Crippen molar-refractivity contribution in [3.63, 3.8) is 0 Å². The largest absolute Gasteiger partial charge is 0.184 e. The van der Waals surface area contributed by atoms with Crippen LogP contribution >= 0.6 is 17.0 Å². The van der Waals surface area contributed by atoms with Gasteiger partial charge in [-0.05, 0) is 30.9 Å². The first-order valence-corrected chi connectivity index (χ1v) is 20.0. The van der Waals surface area contributed by atoms with Crippen molar-refractivity contribution in [2.24, 2.45) is 0 Å². The third-order valence-electron chi connectivity index (χ3n) is 6.71. The maximum absolute atomic E-state index is 4.93. The summed E-state index contributed by atoms with van der Waals surface area (Å²) in [7, 11) is 10.7. The van der Waals surface area contributed by atoms with Crippen molar-refractivity contribution in [2.45, 2.75) is 40.0 Å². The summed E-state index contributed by atoms with van der Waals surface area (Å²) in [4.78, 5) is 0. The molecule has 5 aromatic rings. The minimum Gasteiger partial charge on any atom is -0.184 e. The molecule has 1 aliphatic heterocycles. The molecule has 0 atom stereocenters. The Morgan fingerprint density at radius 2 is 1.57 bits per heavy atom. The summed E-state index contributed by atoms with van der Waals surface area (Å²) < 4.78 is 0. The van der Waals surface area contributed by atoms with Crippen LogP contribution in [0.1, 0.15) is 37.0 Å². The van der Waals surface area contributed by atoms with Gasteiger partial charge in [-0.1, -0.05) is 90.7 Å². The van der Waals surface area contributed by atoms with E-state index in [-0.39, 0.29) is 0 Å². The fourth-order valence-electron chi connectivity index (χ4n) is 4.97. The molecule has 5 aromatic carbocycles. The molecule has 0 saturated heterocycles. The summed E-state index contributed by atoms with van der Waals surface area (Å²) in [6.07, 6.45) is 3.43. The van der Waals surface area contributed by atoms with E-state index >= 15 is 0 Å². The van der Waals surface area contributed by atoms with Crippen LogP contribution in [-0.2, 0) is 33.7 Å². The van der Waals surface area contributed by atoms with Crippen molar-refractivity contribution in [1.29, 1.82) is 0 Å². The molecule has 184 valence electrons. The summed E-state index contributed by atoms with van der Waals surface area (Å²) in [5.41, 5.74) is 9.89. The molecule has 0 aromatic heterocycles. The van der Waals surface area contributed by atoms with Crippen LogP contribution in [0.2, 0.25) is 0 Å². The second kappa shape index (κ2) is 13.8. The van der Waals surface area contributed by atoms with Crippen molar-refractivity contribution < 1.29 is 20.8 Å². The molecule has 0 N–H and O–H groups in total. The Bertz CT molecular complexity index is 1430. The Hall–Kier alpha value is -1.83. The third-order valence-corrected chi connectivity index (χ3v) is 8.08. The number of fused-ring (bicyclic) bond motifs is 4. The van der Waals surface area contributed by atoms with Crippen molar-refractivity contribution in [2.75, 3.05) is 0 Å². The number of hydrogen-bond donors (Lipinski definition) is 0. The number of benzene rings is 4. The fraction of sp³-hybridized carbons (Fsp3) is 0.182. The average molecular weight is 617 g/mol. The number of hydrogen-bond acceptors (Lipinski definition) is 0. The fourth-order valence-corrected chi connectivity index (χ4v) is 6.28. The van der Waals surface area contributed by atoms with E-state index in [1.165, 1.54) is 66.5 Å². The molecule has 0 bridgehead atoms. The van der Waals surface area contributed by atoms with Gasteiger partial charge in [0.1, 0.15) is 0 Å². The number of aryl methyl sites for hydroxylation is 3. The van der Waals surface area contributed by atoms with E-state index in [0.717, 1.165) is 22.4 Å². The van der Waals surface area contributed by atoms with Crippen LogP contribution < -0.4 is 10.4 Å². The molecule has 4 heteroatoms. The van der Waals surface area contributed by atoms with Gasteiger partial charge in [-0.25, -0.2) is 0 Å². The standard InChI is InChI=1S/C21H23.C12H7Si.2ClH.Zr/c1-4-8-17-11-12-18-13-16(5-2)14-20(18)21(17)19-10-7-6-9-15(19)3;1-3-7-11-9(5-1)10-6-2-4-8-12(10)13-11;;;/h6-7,9-14H,4-5,8H2,1-3H3;1-7H;2*1H;/q2*-1;;;+4/p-2. The average Bonchev–Trinajstić information content (AvgIpc) is 3.52. The van der Waals surface area contributed by atoms with E-state index in [4.69, 9.17) is 17.0 Å². The topological polar surface area (TPSA) is 0 Å². The van der Waals surface area contributed by atoms with E-state index in [0.29, 0.717) is 0 Å². The first-order chi connectivity index (χ1) is 18.1. The van der Waals surface area contributed by atoms with E-state index < -0.39 is 20.8 Å². The molecule has 1 heterocycles. The molecule has 0 saturated carbocycles. The van der Waals surface area contributed by atoms with Gasteiger partial charge in [-0.2, -0.15) is 35.5 Å². The molecule has 0 unspecified atom stereocenters. The molecule has 0 aliphatic carbocycles. The van der Waals surface area contributed by atoms with Gasteiger partial charge < -0.3 is 0 Å². The normalized spacial score (nSPS) is 10.9. The molecule has 1 aliphatic rings. The molecule has 2 radical (unpaired) electrons. The van der Waals surface area contributed by atoms with Gasteiger partial charge in [-0.3, -0.25) is 0 Å². The predicted octanol–water partition coefficient (Wildman–Crippen LogP) is 8.55.